The van der Waals surface area contributed by atoms with Crippen LogP contribution < -0.4 is 0 Å². The minimum Gasteiger partial charge on any atom is -0.261 e. The standard InChI is InChI=1S/C11H9FN2S/c1-2-8(12)10-3-4-11(15-10)9-7-13-5-6-14-9/h2-7H,1H3/b8-2-. The van der Waals surface area contributed by atoms with Crippen molar-refractivity contribution in [2.75, 3.05) is 0 Å². The van der Waals surface area contributed by atoms with E-state index in [1.54, 1.807) is 31.6 Å². The second-order valence-corrected chi connectivity index (χ2v) is 3.97. The molecule has 2 heterocycles. The monoisotopic (exact) mass is 220 g/mol. The summed E-state index contributed by atoms with van der Waals surface area (Å²) >= 11 is 1.37. The maximum absolute atomic E-state index is 13.2. The first-order valence-electron chi connectivity index (χ1n) is 4.49. The van der Waals surface area contributed by atoms with Gasteiger partial charge in [-0.15, -0.1) is 11.3 Å². The van der Waals surface area contributed by atoms with Gasteiger partial charge in [-0.2, -0.15) is 0 Å². The molecular formula is C11H9FN2S. The van der Waals surface area contributed by atoms with Crippen molar-refractivity contribution in [3.63, 3.8) is 0 Å². The molecule has 0 unspecified atom stereocenters. The summed E-state index contributed by atoms with van der Waals surface area (Å²) in [5, 5.41) is 0. The molecule has 0 aliphatic rings. The van der Waals surface area contributed by atoms with Gasteiger partial charge in [0, 0.05) is 12.4 Å². The molecule has 0 radical (unpaired) electrons. The fourth-order valence-electron chi connectivity index (χ4n) is 1.17. The third-order valence-corrected chi connectivity index (χ3v) is 3.03. The first kappa shape index (κ1) is 9.98. The zero-order valence-corrected chi connectivity index (χ0v) is 8.96. The Morgan fingerprint density at radius 2 is 2.27 bits per heavy atom. The molecule has 0 aliphatic heterocycles. The third kappa shape index (κ3) is 2.10. The van der Waals surface area contributed by atoms with Crippen molar-refractivity contribution in [2.24, 2.45) is 0 Å². The summed E-state index contributed by atoms with van der Waals surface area (Å²) in [5.74, 6) is -0.199. The molecule has 76 valence electrons. The summed E-state index contributed by atoms with van der Waals surface area (Å²) in [5.41, 5.74) is 0.776. The number of allylic oxidation sites excluding steroid dienone is 1. The van der Waals surface area contributed by atoms with Gasteiger partial charge in [-0.3, -0.25) is 9.97 Å². The zero-order chi connectivity index (χ0) is 10.7. The van der Waals surface area contributed by atoms with E-state index in [-0.39, 0.29) is 5.83 Å². The second kappa shape index (κ2) is 4.31. The molecular weight excluding hydrogens is 211 g/mol. The topological polar surface area (TPSA) is 25.8 Å². The molecule has 0 atom stereocenters. The van der Waals surface area contributed by atoms with Crippen LogP contribution in [0.15, 0.2) is 36.8 Å². The van der Waals surface area contributed by atoms with Gasteiger partial charge in [0.1, 0.15) is 5.83 Å². The van der Waals surface area contributed by atoms with Crippen molar-refractivity contribution < 1.29 is 4.39 Å². The quantitative estimate of drug-likeness (QED) is 0.773. The van der Waals surface area contributed by atoms with E-state index in [0.29, 0.717) is 4.88 Å². The van der Waals surface area contributed by atoms with Crippen LogP contribution in [0.4, 0.5) is 4.39 Å². The fourth-order valence-corrected chi connectivity index (χ4v) is 2.11. The van der Waals surface area contributed by atoms with Crippen LogP contribution in [0, 0.1) is 0 Å². The maximum atomic E-state index is 13.2. The molecule has 0 amide bonds. The number of halogens is 1. The van der Waals surface area contributed by atoms with Crippen molar-refractivity contribution in [1.82, 2.24) is 9.97 Å². The van der Waals surface area contributed by atoms with Gasteiger partial charge in [-0.25, -0.2) is 4.39 Å². The Labute approximate surface area is 91.1 Å². The van der Waals surface area contributed by atoms with E-state index in [1.165, 1.54) is 17.4 Å². The molecule has 2 aromatic heterocycles. The number of thiophene rings is 1. The van der Waals surface area contributed by atoms with E-state index in [9.17, 15) is 4.39 Å². The lowest BCUT2D eigenvalue weighted by molar-refractivity contribution is 0.762. The lowest BCUT2D eigenvalue weighted by Crippen LogP contribution is -1.79. The van der Waals surface area contributed by atoms with Crippen LogP contribution in [0.1, 0.15) is 11.8 Å². The summed E-state index contributed by atoms with van der Waals surface area (Å²) in [7, 11) is 0. The number of hydrogen-bond acceptors (Lipinski definition) is 3. The van der Waals surface area contributed by atoms with Crippen LogP contribution in [0.25, 0.3) is 16.4 Å². The predicted octanol–water partition coefficient (Wildman–Crippen LogP) is 3.54. The molecule has 2 rings (SSSR count). The Bertz CT molecular complexity index is 476. The normalized spacial score (nSPS) is 11.7. The summed E-state index contributed by atoms with van der Waals surface area (Å²) in [6.07, 6.45) is 6.36. The molecule has 0 aliphatic carbocycles. The van der Waals surface area contributed by atoms with Gasteiger partial charge in [-0.05, 0) is 19.1 Å². The van der Waals surface area contributed by atoms with Gasteiger partial charge in [0.05, 0.1) is 21.6 Å². The molecule has 4 heteroatoms. The van der Waals surface area contributed by atoms with E-state index < -0.39 is 0 Å². The minimum absolute atomic E-state index is 0.199. The molecule has 0 N–H and O–H groups in total. The molecule has 0 saturated carbocycles. The molecule has 2 nitrogen and oxygen atoms in total. The highest BCUT2D eigenvalue weighted by Crippen LogP contribution is 2.30. The Morgan fingerprint density at radius 3 is 2.93 bits per heavy atom. The van der Waals surface area contributed by atoms with Crippen molar-refractivity contribution in [3.05, 3.63) is 41.7 Å². The van der Waals surface area contributed by atoms with Crippen LogP contribution in [-0.4, -0.2) is 9.97 Å². The molecule has 0 bridgehead atoms. The first-order valence-corrected chi connectivity index (χ1v) is 5.31. The highest BCUT2D eigenvalue weighted by molar-refractivity contribution is 7.16. The van der Waals surface area contributed by atoms with Crippen LogP contribution in [0.3, 0.4) is 0 Å². The van der Waals surface area contributed by atoms with Crippen molar-refractivity contribution in [1.29, 1.82) is 0 Å². The fraction of sp³-hybridized carbons (Fsp3) is 0.0909. The zero-order valence-electron chi connectivity index (χ0n) is 8.14. The van der Waals surface area contributed by atoms with E-state index in [0.717, 1.165) is 10.6 Å². The average molecular weight is 220 g/mol. The number of aromatic nitrogens is 2. The molecule has 0 spiro atoms. The number of nitrogens with zero attached hydrogens (tertiary/aromatic N) is 2. The molecule has 0 aromatic carbocycles. The van der Waals surface area contributed by atoms with Gasteiger partial charge >= 0.3 is 0 Å². The SMILES string of the molecule is C/C=C(\F)c1ccc(-c2cnccn2)s1. The van der Waals surface area contributed by atoms with Gasteiger partial charge in [0.2, 0.25) is 0 Å². The van der Waals surface area contributed by atoms with Gasteiger partial charge in [0.15, 0.2) is 0 Å². The van der Waals surface area contributed by atoms with Crippen LogP contribution in [0.2, 0.25) is 0 Å². The maximum Gasteiger partial charge on any atom is 0.136 e. The Balaban J connectivity index is 2.36. The molecule has 2 aromatic rings. The Hall–Kier alpha value is -1.55. The third-order valence-electron chi connectivity index (χ3n) is 1.91. The Morgan fingerprint density at radius 1 is 1.40 bits per heavy atom. The minimum atomic E-state index is -0.199. The molecule has 15 heavy (non-hydrogen) atoms. The van der Waals surface area contributed by atoms with Crippen LogP contribution in [-0.2, 0) is 0 Å². The molecule has 0 saturated heterocycles. The van der Waals surface area contributed by atoms with Gasteiger partial charge in [0.25, 0.3) is 0 Å². The summed E-state index contributed by atoms with van der Waals surface area (Å²) in [6, 6.07) is 3.61. The highest BCUT2D eigenvalue weighted by atomic mass is 32.1. The van der Waals surface area contributed by atoms with E-state index in [1.807, 2.05) is 6.07 Å². The predicted molar refractivity (Wildman–Crippen MR) is 60.1 cm³/mol. The van der Waals surface area contributed by atoms with Gasteiger partial charge in [-0.1, -0.05) is 6.08 Å². The lowest BCUT2D eigenvalue weighted by atomic mass is 10.3. The van der Waals surface area contributed by atoms with Crippen molar-refractivity contribution in [3.8, 4) is 10.6 Å². The van der Waals surface area contributed by atoms with Crippen molar-refractivity contribution in [2.45, 2.75) is 6.92 Å². The van der Waals surface area contributed by atoms with Crippen molar-refractivity contribution >= 4 is 17.2 Å². The largest absolute Gasteiger partial charge is 0.261 e. The number of hydrogen-bond donors (Lipinski definition) is 0. The van der Waals surface area contributed by atoms with Crippen LogP contribution >= 0.6 is 11.3 Å². The average Bonchev–Trinajstić information content (AvgIpc) is 2.78. The van der Waals surface area contributed by atoms with E-state index >= 15 is 0 Å². The lowest BCUT2D eigenvalue weighted by Gasteiger charge is -1.93. The first-order chi connectivity index (χ1) is 7.31. The smallest absolute Gasteiger partial charge is 0.136 e. The van der Waals surface area contributed by atoms with E-state index in [4.69, 9.17) is 0 Å². The van der Waals surface area contributed by atoms with Crippen LogP contribution in [0.5, 0.6) is 0 Å². The van der Waals surface area contributed by atoms with Gasteiger partial charge < -0.3 is 0 Å². The second-order valence-electron chi connectivity index (χ2n) is 2.89. The summed E-state index contributed by atoms with van der Waals surface area (Å²) in [6.45, 7) is 1.68. The summed E-state index contributed by atoms with van der Waals surface area (Å²) < 4.78 is 13.2. The summed E-state index contributed by atoms with van der Waals surface area (Å²) in [4.78, 5) is 9.67. The highest BCUT2D eigenvalue weighted by Gasteiger charge is 2.06. The Kier molecular flexibility index (Phi) is 2.87. The van der Waals surface area contributed by atoms with E-state index in [2.05, 4.69) is 9.97 Å². The number of rotatable bonds is 2. The molecule has 0 fully saturated rings.